The van der Waals surface area contributed by atoms with Crippen LogP contribution in [-0.2, 0) is 18.4 Å². The Balaban J connectivity index is 1.46. The molecule has 2 amide bonds. The maximum absolute atomic E-state index is 12.8. The molecule has 28 heavy (non-hydrogen) atoms. The largest absolute Gasteiger partial charge is 0.337 e. The summed E-state index contributed by atoms with van der Waals surface area (Å²) in [4.78, 5) is 29.0. The van der Waals surface area contributed by atoms with Crippen LogP contribution in [0, 0.1) is 6.92 Å². The number of carbonyl (C=O) groups excluding carboxylic acids is 2. The first kappa shape index (κ1) is 18.2. The Labute approximate surface area is 164 Å². The minimum atomic E-state index is -0.107. The van der Waals surface area contributed by atoms with E-state index in [1.54, 1.807) is 15.6 Å². The molecule has 144 valence electrons. The predicted octanol–water partition coefficient (Wildman–Crippen LogP) is 2.76. The smallest absolute Gasteiger partial charge is 0.274 e. The van der Waals surface area contributed by atoms with Crippen molar-refractivity contribution >= 4 is 22.6 Å². The Kier molecular flexibility index (Phi) is 4.86. The maximum Gasteiger partial charge on any atom is 0.274 e. The standard InChI is InChI=1S/C22H24N4O2/c1-16-13-20(23-24(16)2)22(28)25-10-9-21(27)26(12-11-25)15-17-7-8-18-5-3-4-6-19(18)14-17/h3-8,13-14H,9-12,15H2,1-2H3. The fourth-order valence-electron chi connectivity index (χ4n) is 3.62. The summed E-state index contributed by atoms with van der Waals surface area (Å²) in [5.41, 5.74) is 2.48. The normalized spacial score (nSPS) is 15.1. The molecule has 6 nitrogen and oxygen atoms in total. The molecule has 1 aliphatic heterocycles. The molecule has 4 rings (SSSR count). The van der Waals surface area contributed by atoms with Gasteiger partial charge < -0.3 is 9.80 Å². The number of hydrogen-bond acceptors (Lipinski definition) is 3. The van der Waals surface area contributed by atoms with Crippen LogP contribution >= 0.6 is 0 Å². The Bertz CT molecular complexity index is 1020. The molecule has 0 saturated carbocycles. The molecule has 0 aliphatic carbocycles. The molecular weight excluding hydrogens is 352 g/mol. The topological polar surface area (TPSA) is 58.4 Å². The summed E-state index contributed by atoms with van der Waals surface area (Å²) in [7, 11) is 1.82. The first-order chi connectivity index (χ1) is 13.5. The van der Waals surface area contributed by atoms with Crippen molar-refractivity contribution in [2.75, 3.05) is 19.6 Å². The third-order valence-corrected chi connectivity index (χ3v) is 5.40. The Hall–Kier alpha value is -3.15. The number of carbonyl (C=O) groups is 2. The number of fused-ring (bicyclic) bond motifs is 1. The van der Waals surface area contributed by atoms with E-state index in [4.69, 9.17) is 0 Å². The number of nitrogens with zero attached hydrogens (tertiary/aromatic N) is 4. The summed E-state index contributed by atoms with van der Waals surface area (Å²) < 4.78 is 1.70. The summed E-state index contributed by atoms with van der Waals surface area (Å²) in [6.07, 6.45) is 0.338. The minimum Gasteiger partial charge on any atom is -0.337 e. The fourth-order valence-corrected chi connectivity index (χ4v) is 3.62. The van der Waals surface area contributed by atoms with Crippen molar-refractivity contribution < 1.29 is 9.59 Å². The second-order valence-electron chi connectivity index (χ2n) is 7.33. The number of amides is 2. The van der Waals surface area contributed by atoms with E-state index in [1.165, 1.54) is 10.8 Å². The number of aryl methyl sites for hydroxylation is 2. The molecule has 1 saturated heterocycles. The summed E-state index contributed by atoms with van der Waals surface area (Å²) in [5.74, 6) is -0.0234. The van der Waals surface area contributed by atoms with E-state index in [0.29, 0.717) is 38.3 Å². The van der Waals surface area contributed by atoms with Gasteiger partial charge in [0, 0.05) is 45.3 Å². The van der Waals surface area contributed by atoms with E-state index in [1.807, 2.05) is 31.0 Å². The van der Waals surface area contributed by atoms with Crippen molar-refractivity contribution in [2.45, 2.75) is 19.9 Å². The van der Waals surface area contributed by atoms with Crippen molar-refractivity contribution in [2.24, 2.45) is 7.05 Å². The van der Waals surface area contributed by atoms with E-state index in [-0.39, 0.29) is 11.8 Å². The lowest BCUT2D eigenvalue weighted by atomic mass is 10.1. The molecule has 0 radical (unpaired) electrons. The van der Waals surface area contributed by atoms with Crippen molar-refractivity contribution in [3.8, 4) is 0 Å². The molecule has 0 N–H and O–H groups in total. The second kappa shape index (κ2) is 7.46. The lowest BCUT2D eigenvalue weighted by molar-refractivity contribution is -0.130. The average molecular weight is 376 g/mol. The van der Waals surface area contributed by atoms with Crippen molar-refractivity contribution in [1.82, 2.24) is 19.6 Å². The highest BCUT2D eigenvalue weighted by Gasteiger charge is 2.26. The monoisotopic (exact) mass is 376 g/mol. The van der Waals surface area contributed by atoms with Crippen LogP contribution in [0.25, 0.3) is 10.8 Å². The van der Waals surface area contributed by atoms with Crippen LogP contribution in [-0.4, -0.2) is 51.0 Å². The van der Waals surface area contributed by atoms with Gasteiger partial charge in [0.05, 0.1) is 0 Å². The summed E-state index contributed by atoms with van der Waals surface area (Å²) in [6, 6.07) is 16.3. The Morgan fingerprint density at radius 2 is 1.82 bits per heavy atom. The zero-order valence-corrected chi connectivity index (χ0v) is 16.3. The van der Waals surface area contributed by atoms with Gasteiger partial charge in [-0.05, 0) is 35.4 Å². The SMILES string of the molecule is Cc1cc(C(=O)N2CCC(=O)N(Cc3ccc4ccccc4c3)CC2)nn1C. The molecule has 6 heteroatoms. The summed E-state index contributed by atoms with van der Waals surface area (Å²) >= 11 is 0. The van der Waals surface area contributed by atoms with Crippen LogP contribution in [0.4, 0.5) is 0 Å². The van der Waals surface area contributed by atoms with Crippen LogP contribution in [0.3, 0.4) is 0 Å². The molecule has 1 fully saturated rings. The molecule has 0 atom stereocenters. The highest BCUT2D eigenvalue weighted by atomic mass is 16.2. The highest BCUT2D eigenvalue weighted by Crippen LogP contribution is 2.18. The van der Waals surface area contributed by atoms with Crippen LogP contribution in [0.15, 0.2) is 48.5 Å². The zero-order valence-electron chi connectivity index (χ0n) is 16.3. The quantitative estimate of drug-likeness (QED) is 0.706. The van der Waals surface area contributed by atoms with Gasteiger partial charge in [0.1, 0.15) is 0 Å². The maximum atomic E-state index is 12.8. The van der Waals surface area contributed by atoms with Gasteiger partial charge in [0.15, 0.2) is 5.69 Å². The average Bonchev–Trinajstić information content (AvgIpc) is 2.93. The molecular formula is C22H24N4O2. The van der Waals surface area contributed by atoms with E-state index < -0.39 is 0 Å². The van der Waals surface area contributed by atoms with Crippen LogP contribution in [0.1, 0.15) is 28.2 Å². The van der Waals surface area contributed by atoms with Gasteiger partial charge >= 0.3 is 0 Å². The molecule has 0 bridgehead atoms. The summed E-state index contributed by atoms with van der Waals surface area (Å²) in [6.45, 7) is 3.97. The van der Waals surface area contributed by atoms with Gasteiger partial charge in [-0.3, -0.25) is 14.3 Å². The predicted molar refractivity (Wildman–Crippen MR) is 108 cm³/mol. The first-order valence-electron chi connectivity index (χ1n) is 9.56. The third kappa shape index (κ3) is 3.63. The molecule has 0 unspecified atom stereocenters. The second-order valence-corrected chi connectivity index (χ2v) is 7.33. The lowest BCUT2D eigenvalue weighted by Crippen LogP contribution is -2.35. The van der Waals surface area contributed by atoms with Crippen molar-refractivity contribution in [3.05, 3.63) is 65.5 Å². The number of benzene rings is 2. The van der Waals surface area contributed by atoms with Crippen LogP contribution < -0.4 is 0 Å². The molecule has 3 aromatic rings. The molecule has 2 heterocycles. The van der Waals surface area contributed by atoms with E-state index in [9.17, 15) is 9.59 Å². The van der Waals surface area contributed by atoms with Gasteiger partial charge in [-0.1, -0.05) is 36.4 Å². The van der Waals surface area contributed by atoms with E-state index in [2.05, 4.69) is 35.4 Å². The minimum absolute atomic E-state index is 0.0839. The number of aromatic nitrogens is 2. The summed E-state index contributed by atoms with van der Waals surface area (Å²) in [5, 5.41) is 6.64. The van der Waals surface area contributed by atoms with Gasteiger partial charge in [0.25, 0.3) is 5.91 Å². The number of rotatable bonds is 3. The van der Waals surface area contributed by atoms with Crippen LogP contribution in [0.2, 0.25) is 0 Å². The van der Waals surface area contributed by atoms with Crippen LogP contribution in [0.5, 0.6) is 0 Å². The van der Waals surface area contributed by atoms with E-state index >= 15 is 0 Å². The van der Waals surface area contributed by atoms with Gasteiger partial charge in [-0.15, -0.1) is 0 Å². The Morgan fingerprint density at radius 1 is 1.04 bits per heavy atom. The van der Waals surface area contributed by atoms with E-state index in [0.717, 1.165) is 11.3 Å². The number of hydrogen-bond donors (Lipinski definition) is 0. The molecule has 1 aromatic heterocycles. The van der Waals surface area contributed by atoms with Crippen molar-refractivity contribution in [3.63, 3.8) is 0 Å². The Morgan fingerprint density at radius 3 is 2.57 bits per heavy atom. The fraction of sp³-hybridized carbons (Fsp3) is 0.318. The molecule has 1 aliphatic rings. The van der Waals surface area contributed by atoms with Gasteiger partial charge in [-0.2, -0.15) is 5.10 Å². The lowest BCUT2D eigenvalue weighted by Gasteiger charge is -2.22. The third-order valence-electron chi connectivity index (χ3n) is 5.40. The molecule has 0 spiro atoms. The first-order valence-corrected chi connectivity index (χ1v) is 9.56. The van der Waals surface area contributed by atoms with Crippen molar-refractivity contribution in [1.29, 1.82) is 0 Å². The molecule has 2 aromatic carbocycles. The van der Waals surface area contributed by atoms with Gasteiger partial charge in [-0.25, -0.2) is 0 Å². The highest BCUT2D eigenvalue weighted by molar-refractivity contribution is 5.93. The van der Waals surface area contributed by atoms with Gasteiger partial charge in [0.2, 0.25) is 5.91 Å². The zero-order chi connectivity index (χ0) is 19.7.